The number of anilines is 1. The van der Waals surface area contributed by atoms with Crippen molar-refractivity contribution in [2.75, 3.05) is 38.2 Å². The molecule has 0 spiro atoms. The van der Waals surface area contributed by atoms with E-state index in [0.717, 1.165) is 76.6 Å². The first-order valence-electron chi connectivity index (χ1n) is 12.5. The van der Waals surface area contributed by atoms with E-state index in [0.29, 0.717) is 23.3 Å². The second-order valence-electron chi connectivity index (χ2n) is 10.1. The monoisotopic (exact) mass is 474 g/mol. The number of ether oxygens (including phenoxy) is 1. The molecule has 0 amide bonds. The maximum atomic E-state index is 14.0. The Morgan fingerprint density at radius 3 is 2.44 bits per heavy atom. The van der Waals surface area contributed by atoms with Crippen molar-refractivity contribution in [2.45, 2.75) is 51.2 Å². The first-order chi connectivity index (χ1) is 16.4. The summed E-state index contributed by atoms with van der Waals surface area (Å²) in [5, 5.41) is 11.4. The SMILES string of the molecule is CCc1ccccc1-c1cc(C(F)(F)F)c(NC2C[C@@H]3CN(CC4CCOCC4)C[C@@H]3C2)nn1. The Kier molecular flexibility index (Phi) is 6.80. The predicted octanol–water partition coefficient (Wildman–Crippen LogP) is 5.27. The van der Waals surface area contributed by atoms with Gasteiger partial charge in [0.05, 0.1) is 5.69 Å². The minimum absolute atomic E-state index is 0.00408. The quantitative estimate of drug-likeness (QED) is 0.618. The fraction of sp³-hybridized carbons (Fsp3) is 0.615. The Balaban J connectivity index is 1.26. The minimum atomic E-state index is -4.50. The highest BCUT2D eigenvalue weighted by atomic mass is 19.4. The Labute approximate surface area is 199 Å². The number of aryl methyl sites for hydroxylation is 1. The van der Waals surface area contributed by atoms with Crippen LogP contribution in [0.1, 0.15) is 43.7 Å². The molecule has 1 aliphatic carbocycles. The standard InChI is InChI=1S/C26H33F3N4O/c1-2-18-5-3-4-6-22(18)24-13-23(26(27,28)29)25(32-31-24)30-21-11-19-15-33(16-20(19)12-21)14-17-7-9-34-10-8-17/h3-6,13,17,19-21H,2,7-12,14-16H2,1H3,(H,30,32)/t19-,20+,21?. The summed E-state index contributed by atoms with van der Waals surface area (Å²) in [6, 6.07) is 8.58. The number of alkyl halides is 3. The number of nitrogens with one attached hydrogen (secondary N) is 1. The number of rotatable bonds is 6. The van der Waals surface area contributed by atoms with E-state index in [1.54, 1.807) is 6.07 Å². The van der Waals surface area contributed by atoms with Crippen LogP contribution in [0.4, 0.5) is 19.0 Å². The Hall–Kier alpha value is -2.19. The van der Waals surface area contributed by atoms with Gasteiger partial charge in [0.1, 0.15) is 5.56 Å². The molecule has 1 N–H and O–H groups in total. The van der Waals surface area contributed by atoms with Gasteiger partial charge < -0.3 is 15.0 Å². The molecule has 1 aromatic heterocycles. The molecule has 1 saturated carbocycles. The second-order valence-corrected chi connectivity index (χ2v) is 10.1. The third-order valence-corrected chi connectivity index (χ3v) is 7.80. The van der Waals surface area contributed by atoms with Gasteiger partial charge in [-0.15, -0.1) is 10.2 Å². The van der Waals surface area contributed by atoms with E-state index in [1.807, 2.05) is 25.1 Å². The Morgan fingerprint density at radius 1 is 1.06 bits per heavy atom. The normalized spacial score (nSPS) is 26.1. The summed E-state index contributed by atoms with van der Waals surface area (Å²) in [7, 11) is 0. The molecule has 1 aromatic carbocycles. The van der Waals surface area contributed by atoms with Gasteiger partial charge in [0.2, 0.25) is 0 Å². The fourth-order valence-corrected chi connectivity index (χ4v) is 6.08. The fourth-order valence-electron chi connectivity index (χ4n) is 6.08. The van der Waals surface area contributed by atoms with E-state index >= 15 is 0 Å². The van der Waals surface area contributed by atoms with E-state index < -0.39 is 11.7 Å². The summed E-state index contributed by atoms with van der Waals surface area (Å²) in [4.78, 5) is 2.56. The zero-order valence-electron chi connectivity index (χ0n) is 19.7. The van der Waals surface area contributed by atoms with Gasteiger partial charge in [-0.1, -0.05) is 31.2 Å². The smallest absolute Gasteiger partial charge is 0.381 e. The van der Waals surface area contributed by atoms with Gasteiger partial charge in [0.15, 0.2) is 5.82 Å². The lowest BCUT2D eigenvalue weighted by atomic mass is 10.00. The molecule has 2 aromatic rings. The van der Waals surface area contributed by atoms with Crippen LogP contribution >= 0.6 is 0 Å². The van der Waals surface area contributed by atoms with Crippen LogP contribution in [0.25, 0.3) is 11.3 Å². The highest BCUT2D eigenvalue weighted by Gasteiger charge is 2.43. The maximum Gasteiger partial charge on any atom is 0.420 e. The molecule has 34 heavy (non-hydrogen) atoms. The predicted molar refractivity (Wildman–Crippen MR) is 125 cm³/mol. The average Bonchev–Trinajstić information content (AvgIpc) is 3.37. The highest BCUT2D eigenvalue weighted by Crippen LogP contribution is 2.42. The molecular weight excluding hydrogens is 441 g/mol. The zero-order valence-corrected chi connectivity index (χ0v) is 19.7. The van der Waals surface area contributed by atoms with Crippen molar-refractivity contribution in [3.05, 3.63) is 41.5 Å². The van der Waals surface area contributed by atoms with Gasteiger partial charge in [-0.2, -0.15) is 13.2 Å². The van der Waals surface area contributed by atoms with E-state index in [-0.39, 0.29) is 17.6 Å². The lowest BCUT2D eigenvalue weighted by Gasteiger charge is -2.28. The van der Waals surface area contributed by atoms with Crippen LogP contribution in [0.2, 0.25) is 0 Å². The van der Waals surface area contributed by atoms with Crippen LogP contribution in [-0.2, 0) is 17.3 Å². The maximum absolute atomic E-state index is 14.0. The molecule has 5 rings (SSSR count). The van der Waals surface area contributed by atoms with Crippen molar-refractivity contribution in [1.82, 2.24) is 15.1 Å². The lowest BCUT2D eigenvalue weighted by Crippen LogP contribution is -2.32. The molecule has 2 saturated heterocycles. The third kappa shape index (κ3) is 5.08. The summed E-state index contributed by atoms with van der Waals surface area (Å²) >= 11 is 0. The van der Waals surface area contributed by atoms with Crippen LogP contribution in [0.15, 0.2) is 30.3 Å². The molecule has 2 aliphatic heterocycles. The summed E-state index contributed by atoms with van der Waals surface area (Å²) in [5.41, 5.74) is 1.19. The number of fused-ring (bicyclic) bond motifs is 1. The van der Waals surface area contributed by atoms with Crippen molar-refractivity contribution in [1.29, 1.82) is 0 Å². The Morgan fingerprint density at radius 2 is 1.76 bits per heavy atom. The highest BCUT2D eigenvalue weighted by molar-refractivity contribution is 5.66. The molecular formula is C26H33F3N4O. The van der Waals surface area contributed by atoms with Crippen molar-refractivity contribution in [3.63, 3.8) is 0 Å². The van der Waals surface area contributed by atoms with Crippen molar-refractivity contribution < 1.29 is 17.9 Å². The number of aromatic nitrogens is 2. The number of likely N-dealkylation sites (tertiary alicyclic amines) is 1. The molecule has 184 valence electrons. The lowest BCUT2D eigenvalue weighted by molar-refractivity contribution is -0.137. The number of benzene rings is 1. The number of halogens is 3. The van der Waals surface area contributed by atoms with Gasteiger partial charge in [-0.25, -0.2) is 0 Å². The molecule has 3 atom stereocenters. The first kappa shape index (κ1) is 23.5. The molecule has 0 bridgehead atoms. The average molecular weight is 475 g/mol. The number of nitrogens with zero attached hydrogens (tertiary/aromatic N) is 3. The topological polar surface area (TPSA) is 50.3 Å². The van der Waals surface area contributed by atoms with Gasteiger partial charge in [-0.05, 0) is 61.5 Å². The van der Waals surface area contributed by atoms with E-state index in [4.69, 9.17) is 4.74 Å². The zero-order chi connectivity index (χ0) is 23.7. The Bertz CT molecular complexity index is 978. The van der Waals surface area contributed by atoms with Gasteiger partial charge in [0, 0.05) is 44.5 Å². The van der Waals surface area contributed by atoms with Crippen LogP contribution < -0.4 is 5.32 Å². The van der Waals surface area contributed by atoms with Gasteiger partial charge in [-0.3, -0.25) is 0 Å². The van der Waals surface area contributed by atoms with Gasteiger partial charge >= 0.3 is 6.18 Å². The van der Waals surface area contributed by atoms with E-state index in [1.165, 1.54) is 0 Å². The third-order valence-electron chi connectivity index (χ3n) is 7.80. The summed E-state index contributed by atoms with van der Waals surface area (Å²) in [6.45, 7) is 6.92. The summed E-state index contributed by atoms with van der Waals surface area (Å²) < 4.78 is 47.4. The molecule has 8 heteroatoms. The molecule has 3 aliphatic rings. The molecule has 0 radical (unpaired) electrons. The molecule has 5 nitrogen and oxygen atoms in total. The van der Waals surface area contributed by atoms with Crippen LogP contribution in [0.3, 0.4) is 0 Å². The second kappa shape index (κ2) is 9.82. The largest absolute Gasteiger partial charge is 0.420 e. The minimum Gasteiger partial charge on any atom is -0.381 e. The van der Waals surface area contributed by atoms with Crippen molar-refractivity contribution in [2.24, 2.45) is 17.8 Å². The van der Waals surface area contributed by atoms with Gasteiger partial charge in [0.25, 0.3) is 0 Å². The summed E-state index contributed by atoms with van der Waals surface area (Å²) in [6.07, 6.45) is 0.253. The molecule has 1 unspecified atom stereocenters. The van der Waals surface area contributed by atoms with Crippen LogP contribution in [-0.4, -0.2) is 54.0 Å². The van der Waals surface area contributed by atoms with E-state index in [9.17, 15) is 13.2 Å². The number of hydrogen-bond donors (Lipinski definition) is 1. The molecule has 3 fully saturated rings. The van der Waals surface area contributed by atoms with E-state index in [2.05, 4.69) is 20.4 Å². The van der Waals surface area contributed by atoms with Crippen LogP contribution in [0.5, 0.6) is 0 Å². The van der Waals surface area contributed by atoms with Crippen molar-refractivity contribution >= 4 is 5.82 Å². The van der Waals surface area contributed by atoms with Crippen LogP contribution in [0, 0.1) is 17.8 Å². The molecule has 3 heterocycles. The first-order valence-corrected chi connectivity index (χ1v) is 12.5. The summed E-state index contributed by atoms with van der Waals surface area (Å²) in [5.74, 6) is 1.64. The van der Waals surface area contributed by atoms with Crippen molar-refractivity contribution in [3.8, 4) is 11.3 Å². The number of hydrogen-bond acceptors (Lipinski definition) is 5.